The Morgan fingerprint density at radius 1 is 1.25 bits per heavy atom. The highest BCUT2D eigenvalue weighted by atomic mass is 15.3. The molecule has 5 heteroatoms. The molecule has 5 nitrogen and oxygen atoms in total. The Kier molecular flexibility index (Phi) is 4.09. The number of nitrogens with one attached hydrogen (secondary N) is 1. The number of nitriles is 1. The van der Waals surface area contributed by atoms with E-state index in [2.05, 4.69) is 45.2 Å². The van der Waals surface area contributed by atoms with E-state index in [1.165, 1.54) is 12.1 Å². The molecule has 1 aromatic carbocycles. The van der Waals surface area contributed by atoms with Crippen molar-refractivity contribution in [2.24, 2.45) is 0 Å². The van der Waals surface area contributed by atoms with E-state index in [1.54, 1.807) is 6.20 Å². The molecule has 4 rings (SSSR count). The minimum Gasteiger partial charge on any atom is -0.368 e. The zero-order valence-corrected chi connectivity index (χ0v) is 14.1. The van der Waals surface area contributed by atoms with Crippen molar-refractivity contribution < 1.29 is 0 Å². The highest BCUT2D eigenvalue weighted by Gasteiger charge is 2.33. The van der Waals surface area contributed by atoms with Crippen LogP contribution in [0.4, 0.5) is 5.69 Å². The van der Waals surface area contributed by atoms with E-state index < -0.39 is 0 Å². The van der Waals surface area contributed by atoms with Crippen LogP contribution in [-0.4, -0.2) is 54.7 Å². The van der Waals surface area contributed by atoms with Crippen LogP contribution in [0.3, 0.4) is 0 Å². The van der Waals surface area contributed by atoms with Crippen molar-refractivity contribution in [1.29, 1.82) is 5.26 Å². The van der Waals surface area contributed by atoms with Crippen molar-refractivity contribution >= 4 is 16.6 Å². The molecular weight excluding hydrogens is 298 g/mol. The van der Waals surface area contributed by atoms with Gasteiger partial charge in [-0.25, -0.2) is 0 Å². The lowest BCUT2D eigenvalue weighted by molar-refractivity contribution is 0.130. The summed E-state index contributed by atoms with van der Waals surface area (Å²) in [4.78, 5) is 9.60. The molecule has 0 amide bonds. The molecule has 2 fully saturated rings. The monoisotopic (exact) mass is 321 g/mol. The molecule has 1 aromatic heterocycles. The van der Waals surface area contributed by atoms with Gasteiger partial charge < -0.3 is 10.2 Å². The number of anilines is 1. The summed E-state index contributed by atoms with van der Waals surface area (Å²) in [6.45, 7) is 7.71. The quantitative estimate of drug-likeness (QED) is 0.870. The maximum absolute atomic E-state index is 9.35. The average Bonchev–Trinajstić information content (AvgIpc) is 2.86. The van der Waals surface area contributed by atoms with E-state index >= 15 is 0 Å². The van der Waals surface area contributed by atoms with Gasteiger partial charge in [-0.1, -0.05) is 0 Å². The van der Waals surface area contributed by atoms with Crippen molar-refractivity contribution in [3.05, 3.63) is 36.0 Å². The second kappa shape index (κ2) is 6.39. The number of pyridine rings is 1. The van der Waals surface area contributed by atoms with Crippen LogP contribution in [0.1, 0.15) is 18.9 Å². The SMILES string of the molecule is C[C@@H]1CN(c2ccc(C#N)c3ncccc23)C[C@@H]2CCNCCN21. The summed E-state index contributed by atoms with van der Waals surface area (Å²) in [7, 11) is 0. The predicted molar refractivity (Wildman–Crippen MR) is 96.1 cm³/mol. The molecule has 24 heavy (non-hydrogen) atoms. The van der Waals surface area contributed by atoms with Crippen molar-refractivity contribution in [3.63, 3.8) is 0 Å². The zero-order valence-electron chi connectivity index (χ0n) is 14.1. The molecule has 2 aromatic rings. The summed E-state index contributed by atoms with van der Waals surface area (Å²) in [5, 5.41) is 14.0. The number of hydrogen-bond donors (Lipinski definition) is 1. The molecule has 0 radical (unpaired) electrons. The van der Waals surface area contributed by atoms with Crippen LogP contribution in [0.25, 0.3) is 10.9 Å². The maximum Gasteiger partial charge on any atom is 0.101 e. The second-order valence-corrected chi connectivity index (χ2v) is 6.83. The molecule has 1 N–H and O–H groups in total. The summed E-state index contributed by atoms with van der Waals surface area (Å²) in [6, 6.07) is 11.4. The number of fused-ring (bicyclic) bond motifs is 2. The van der Waals surface area contributed by atoms with Crippen LogP contribution < -0.4 is 10.2 Å². The van der Waals surface area contributed by atoms with Gasteiger partial charge in [0.2, 0.25) is 0 Å². The molecule has 2 aliphatic heterocycles. The fourth-order valence-electron chi connectivity index (χ4n) is 4.20. The van der Waals surface area contributed by atoms with Gasteiger partial charge in [0.05, 0.1) is 11.1 Å². The van der Waals surface area contributed by atoms with Gasteiger partial charge in [0.25, 0.3) is 0 Å². The molecule has 2 saturated heterocycles. The zero-order chi connectivity index (χ0) is 16.5. The Morgan fingerprint density at radius 3 is 3.04 bits per heavy atom. The lowest BCUT2D eigenvalue weighted by atomic mass is 10.0. The Bertz CT molecular complexity index is 781. The Morgan fingerprint density at radius 2 is 2.17 bits per heavy atom. The average molecular weight is 321 g/mol. The summed E-state index contributed by atoms with van der Waals surface area (Å²) in [6.07, 6.45) is 2.96. The van der Waals surface area contributed by atoms with Crippen molar-refractivity contribution in [2.75, 3.05) is 37.6 Å². The molecule has 0 saturated carbocycles. The molecular formula is C19H23N5. The molecule has 0 bridgehead atoms. The highest BCUT2D eigenvalue weighted by Crippen LogP contribution is 2.31. The Balaban J connectivity index is 1.72. The molecule has 0 aliphatic carbocycles. The minimum atomic E-state index is 0.533. The number of rotatable bonds is 1. The highest BCUT2D eigenvalue weighted by molar-refractivity contribution is 5.95. The van der Waals surface area contributed by atoms with Gasteiger partial charge in [-0.05, 0) is 44.2 Å². The third-order valence-corrected chi connectivity index (χ3v) is 5.36. The van der Waals surface area contributed by atoms with Gasteiger partial charge in [-0.3, -0.25) is 9.88 Å². The van der Waals surface area contributed by atoms with Gasteiger partial charge in [0.15, 0.2) is 0 Å². The van der Waals surface area contributed by atoms with E-state index in [-0.39, 0.29) is 0 Å². The number of aromatic nitrogens is 1. The first-order valence-electron chi connectivity index (χ1n) is 8.77. The lowest BCUT2D eigenvalue weighted by Gasteiger charge is -2.46. The Labute approximate surface area is 142 Å². The van der Waals surface area contributed by atoms with Crippen molar-refractivity contribution in [3.8, 4) is 6.07 Å². The van der Waals surface area contributed by atoms with Crippen molar-refractivity contribution in [1.82, 2.24) is 15.2 Å². The molecule has 2 atom stereocenters. The van der Waals surface area contributed by atoms with Crippen molar-refractivity contribution in [2.45, 2.75) is 25.4 Å². The summed E-state index contributed by atoms with van der Waals surface area (Å²) < 4.78 is 0. The van der Waals surface area contributed by atoms with Gasteiger partial charge >= 0.3 is 0 Å². The summed E-state index contributed by atoms with van der Waals surface area (Å²) >= 11 is 0. The second-order valence-electron chi connectivity index (χ2n) is 6.83. The standard InChI is InChI=1S/C19H23N5/c1-14-12-23(13-16-6-8-21-9-10-24(14)16)18-5-4-15(11-20)19-17(18)3-2-7-22-19/h2-5,7,14,16,21H,6,8-10,12-13H2,1H3/t14-,16+/m1/s1. The van der Waals surface area contributed by atoms with Gasteiger partial charge in [-0.2, -0.15) is 5.26 Å². The molecule has 3 heterocycles. The third-order valence-electron chi connectivity index (χ3n) is 5.36. The van der Waals surface area contributed by atoms with Crippen LogP contribution in [-0.2, 0) is 0 Å². The maximum atomic E-state index is 9.35. The van der Waals surface area contributed by atoms with E-state index in [4.69, 9.17) is 0 Å². The van der Waals surface area contributed by atoms with Crippen LogP contribution in [0, 0.1) is 11.3 Å². The van der Waals surface area contributed by atoms with Gasteiger partial charge in [-0.15, -0.1) is 0 Å². The van der Waals surface area contributed by atoms with Crippen LogP contribution in [0.5, 0.6) is 0 Å². The minimum absolute atomic E-state index is 0.533. The van der Waals surface area contributed by atoms with E-state index in [0.29, 0.717) is 17.6 Å². The Hall–Kier alpha value is -2.16. The van der Waals surface area contributed by atoms with Gasteiger partial charge in [0, 0.05) is 55.5 Å². The first kappa shape index (κ1) is 15.4. The largest absolute Gasteiger partial charge is 0.368 e. The first-order chi connectivity index (χ1) is 11.8. The third kappa shape index (κ3) is 2.62. The fourth-order valence-corrected chi connectivity index (χ4v) is 4.20. The summed E-state index contributed by atoms with van der Waals surface area (Å²) in [5.74, 6) is 0. The smallest absolute Gasteiger partial charge is 0.101 e. The summed E-state index contributed by atoms with van der Waals surface area (Å²) in [5.41, 5.74) is 2.68. The number of piperazine rings is 1. The number of benzene rings is 1. The van der Waals surface area contributed by atoms with E-state index in [9.17, 15) is 5.26 Å². The van der Waals surface area contributed by atoms with E-state index in [1.807, 2.05) is 12.1 Å². The molecule has 0 unspecified atom stereocenters. The van der Waals surface area contributed by atoms with Crippen LogP contribution in [0.2, 0.25) is 0 Å². The first-order valence-corrected chi connectivity index (χ1v) is 8.77. The fraction of sp³-hybridized carbons (Fsp3) is 0.474. The lowest BCUT2D eigenvalue weighted by Crippen LogP contribution is -2.58. The number of nitrogens with zero attached hydrogens (tertiary/aromatic N) is 4. The molecule has 2 aliphatic rings. The van der Waals surface area contributed by atoms with E-state index in [0.717, 1.165) is 43.6 Å². The molecule has 124 valence electrons. The molecule has 0 spiro atoms. The topological polar surface area (TPSA) is 55.2 Å². The van der Waals surface area contributed by atoms with Crippen LogP contribution >= 0.6 is 0 Å². The normalized spacial score (nSPS) is 25.1. The predicted octanol–water partition coefficient (Wildman–Crippen LogP) is 1.98. The number of hydrogen-bond acceptors (Lipinski definition) is 5. The van der Waals surface area contributed by atoms with Crippen LogP contribution in [0.15, 0.2) is 30.5 Å². The van der Waals surface area contributed by atoms with Gasteiger partial charge in [0.1, 0.15) is 6.07 Å².